The first-order chi connectivity index (χ1) is 10.6. The number of anilines is 2. The highest BCUT2D eigenvalue weighted by atomic mass is 16.2. The van der Waals surface area contributed by atoms with Crippen molar-refractivity contribution in [1.29, 1.82) is 0 Å². The van der Waals surface area contributed by atoms with E-state index in [4.69, 9.17) is 0 Å². The zero-order chi connectivity index (χ0) is 15.9. The summed E-state index contributed by atoms with van der Waals surface area (Å²) in [7, 11) is 3.25. The molecule has 110 valence electrons. The predicted molar refractivity (Wildman–Crippen MR) is 87.5 cm³/mol. The van der Waals surface area contributed by atoms with Crippen molar-refractivity contribution in [1.82, 2.24) is 0 Å². The summed E-state index contributed by atoms with van der Waals surface area (Å²) >= 11 is 0. The average molecular weight is 292 g/mol. The van der Waals surface area contributed by atoms with E-state index >= 15 is 0 Å². The van der Waals surface area contributed by atoms with Gasteiger partial charge in [-0.3, -0.25) is 9.59 Å². The van der Waals surface area contributed by atoms with Gasteiger partial charge in [0.15, 0.2) is 0 Å². The Morgan fingerprint density at radius 3 is 1.32 bits per heavy atom. The first-order valence-corrected chi connectivity index (χ1v) is 6.77. The van der Waals surface area contributed by atoms with Crippen molar-refractivity contribution in [2.75, 3.05) is 23.9 Å². The molecule has 0 aliphatic rings. The van der Waals surface area contributed by atoms with Crippen LogP contribution in [0.2, 0.25) is 0 Å². The maximum Gasteiger partial charge on any atom is 0.303 e. The summed E-state index contributed by atoms with van der Waals surface area (Å²) in [5.74, 6) is 3.90. The number of carbonyl (C=O) groups is 2. The predicted octanol–water partition coefficient (Wildman–Crippen LogP) is 2.32. The Morgan fingerprint density at radius 2 is 1.00 bits per heavy atom. The smallest absolute Gasteiger partial charge is 0.303 e. The lowest BCUT2D eigenvalue weighted by molar-refractivity contribution is -0.114. The van der Waals surface area contributed by atoms with Crippen molar-refractivity contribution >= 4 is 23.2 Å². The van der Waals surface area contributed by atoms with Crippen LogP contribution in [0.4, 0.5) is 11.4 Å². The van der Waals surface area contributed by atoms with Gasteiger partial charge in [0.1, 0.15) is 0 Å². The first-order valence-electron chi connectivity index (χ1n) is 6.77. The second-order valence-electron chi connectivity index (χ2n) is 4.65. The van der Waals surface area contributed by atoms with E-state index < -0.39 is 11.8 Å². The second-order valence-corrected chi connectivity index (χ2v) is 4.65. The molecule has 4 heteroatoms. The zero-order valence-corrected chi connectivity index (χ0v) is 12.5. The highest BCUT2D eigenvalue weighted by molar-refractivity contribution is 6.13. The third-order valence-electron chi connectivity index (χ3n) is 3.17. The van der Waals surface area contributed by atoms with Crippen molar-refractivity contribution in [3.63, 3.8) is 0 Å². The lowest BCUT2D eigenvalue weighted by atomic mass is 10.3. The van der Waals surface area contributed by atoms with Crippen LogP contribution < -0.4 is 9.80 Å². The van der Waals surface area contributed by atoms with Gasteiger partial charge in [0.25, 0.3) is 0 Å². The van der Waals surface area contributed by atoms with Gasteiger partial charge in [-0.05, 0) is 24.3 Å². The van der Waals surface area contributed by atoms with Crippen molar-refractivity contribution < 1.29 is 9.59 Å². The van der Waals surface area contributed by atoms with Gasteiger partial charge in [0.05, 0.1) is 0 Å². The number of hydrogen-bond acceptors (Lipinski definition) is 2. The Labute approximate surface area is 130 Å². The molecule has 0 fully saturated rings. The summed E-state index contributed by atoms with van der Waals surface area (Å²) in [4.78, 5) is 26.8. The summed E-state index contributed by atoms with van der Waals surface area (Å²) in [6, 6.07) is 18.3. The molecule has 0 saturated heterocycles. The quantitative estimate of drug-likeness (QED) is 0.797. The van der Waals surface area contributed by atoms with Gasteiger partial charge in [0.2, 0.25) is 0 Å². The number of rotatable bonds is 2. The van der Waals surface area contributed by atoms with Crippen LogP contribution in [0, 0.1) is 11.8 Å². The Balaban J connectivity index is 2.06. The Bertz CT molecular complexity index is 654. The molecule has 0 radical (unpaired) electrons. The van der Waals surface area contributed by atoms with Gasteiger partial charge in [-0.1, -0.05) is 36.4 Å². The van der Waals surface area contributed by atoms with E-state index in [1.54, 1.807) is 38.4 Å². The minimum absolute atomic E-state index is 0.430. The first kappa shape index (κ1) is 15.3. The molecule has 0 N–H and O–H groups in total. The topological polar surface area (TPSA) is 40.6 Å². The van der Waals surface area contributed by atoms with E-state index in [0.717, 1.165) is 11.4 Å². The number of hydrogen-bond donors (Lipinski definition) is 0. The van der Waals surface area contributed by atoms with Gasteiger partial charge in [0, 0.05) is 37.3 Å². The molecular formula is C18H16N2O2. The number of nitrogens with zero attached hydrogens (tertiary/aromatic N) is 2. The molecule has 0 unspecified atom stereocenters. The summed E-state index contributed by atoms with van der Waals surface area (Å²) in [6.45, 7) is 0. The minimum atomic E-state index is -0.430. The largest absolute Gasteiger partial charge is 0.305 e. The van der Waals surface area contributed by atoms with Crippen LogP contribution in [-0.4, -0.2) is 25.9 Å². The number of amides is 2. The van der Waals surface area contributed by atoms with Crippen LogP contribution >= 0.6 is 0 Å². The van der Waals surface area contributed by atoms with Gasteiger partial charge in [-0.25, -0.2) is 0 Å². The molecule has 0 aliphatic carbocycles. The van der Waals surface area contributed by atoms with Crippen molar-refractivity contribution in [3.8, 4) is 11.8 Å². The van der Waals surface area contributed by atoms with E-state index in [2.05, 4.69) is 11.8 Å². The second kappa shape index (κ2) is 7.09. The van der Waals surface area contributed by atoms with E-state index in [1.165, 1.54) is 9.80 Å². The van der Waals surface area contributed by atoms with Crippen LogP contribution in [0.5, 0.6) is 0 Å². The molecule has 0 saturated carbocycles. The fourth-order valence-corrected chi connectivity index (χ4v) is 1.81. The summed E-state index contributed by atoms with van der Waals surface area (Å²) < 4.78 is 0. The highest BCUT2D eigenvalue weighted by Gasteiger charge is 2.10. The SMILES string of the molecule is CN(C(=O)C#CC(=O)N(C)c1ccccc1)c1ccccc1. The summed E-state index contributed by atoms with van der Waals surface area (Å²) in [5, 5.41) is 0. The van der Waals surface area contributed by atoms with Crippen LogP contribution in [0.3, 0.4) is 0 Å². The fourth-order valence-electron chi connectivity index (χ4n) is 1.81. The minimum Gasteiger partial charge on any atom is -0.305 e. The molecule has 0 atom stereocenters. The highest BCUT2D eigenvalue weighted by Crippen LogP contribution is 2.11. The lowest BCUT2D eigenvalue weighted by Crippen LogP contribution is -2.27. The Morgan fingerprint density at radius 1 is 0.682 bits per heavy atom. The van der Waals surface area contributed by atoms with Crippen LogP contribution in [0.1, 0.15) is 0 Å². The molecule has 0 aromatic heterocycles. The maximum absolute atomic E-state index is 12.0. The molecule has 2 aromatic rings. The van der Waals surface area contributed by atoms with Crippen LogP contribution in [-0.2, 0) is 9.59 Å². The van der Waals surface area contributed by atoms with Crippen LogP contribution in [0.15, 0.2) is 60.7 Å². The van der Waals surface area contributed by atoms with E-state index in [1.807, 2.05) is 36.4 Å². The maximum atomic E-state index is 12.0. The van der Waals surface area contributed by atoms with E-state index in [9.17, 15) is 9.59 Å². The molecule has 0 bridgehead atoms. The van der Waals surface area contributed by atoms with Crippen molar-refractivity contribution in [2.45, 2.75) is 0 Å². The molecular weight excluding hydrogens is 276 g/mol. The van der Waals surface area contributed by atoms with Gasteiger partial charge >= 0.3 is 11.8 Å². The number of carbonyl (C=O) groups excluding carboxylic acids is 2. The monoisotopic (exact) mass is 292 g/mol. The fraction of sp³-hybridized carbons (Fsp3) is 0.111. The van der Waals surface area contributed by atoms with Crippen molar-refractivity contribution in [3.05, 3.63) is 60.7 Å². The van der Waals surface area contributed by atoms with Gasteiger partial charge in [-0.15, -0.1) is 0 Å². The molecule has 2 rings (SSSR count). The Kier molecular flexibility index (Phi) is 4.94. The third-order valence-corrected chi connectivity index (χ3v) is 3.17. The van der Waals surface area contributed by atoms with E-state index in [-0.39, 0.29) is 0 Å². The van der Waals surface area contributed by atoms with Crippen LogP contribution in [0.25, 0.3) is 0 Å². The van der Waals surface area contributed by atoms with Gasteiger partial charge < -0.3 is 9.80 Å². The molecule has 4 nitrogen and oxygen atoms in total. The third kappa shape index (κ3) is 3.74. The zero-order valence-electron chi connectivity index (χ0n) is 12.5. The molecule has 22 heavy (non-hydrogen) atoms. The molecule has 2 amide bonds. The number of benzene rings is 2. The molecule has 0 spiro atoms. The molecule has 0 heterocycles. The molecule has 2 aromatic carbocycles. The lowest BCUT2D eigenvalue weighted by Gasteiger charge is -2.14. The molecule has 0 aliphatic heterocycles. The summed E-state index contributed by atoms with van der Waals surface area (Å²) in [5.41, 5.74) is 1.45. The standard InChI is InChI=1S/C18H16N2O2/c1-19(15-9-5-3-6-10-15)17(21)13-14-18(22)20(2)16-11-7-4-8-12-16/h3-12H,1-2H3. The normalized spacial score (nSPS) is 9.36. The van der Waals surface area contributed by atoms with Crippen molar-refractivity contribution in [2.24, 2.45) is 0 Å². The Hall–Kier alpha value is -3.06. The summed E-state index contributed by atoms with van der Waals surface area (Å²) in [6.07, 6.45) is 0. The van der Waals surface area contributed by atoms with Gasteiger partial charge in [-0.2, -0.15) is 0 Å². The average Bonchev–Trinajstić information content (AvgIpc) is 2.59. The van der Waals surface area contributed by atoms with E-state index in [0.29, 0.717) is 0 Å². The number of para-hydroxylation sites is 2.